The topological polar surface area (TPSA) is 65.0 Å². The number of hydrogen-bond donors (Lipinski definition) is 0. The Bertz CT molecular complexity index is 3090. The second kappa shape index (κ2) is 11.3. The summed E-state index contributed by atoms with van der Waals surface area (Å²) in [5.74, 6) is 1.87. The highest BCUT2D eigenvalue weighted by atomic mass is 16.3. The number of nitrogens with zero attached hydrogens (tertiary/aromatic N) is 3. The molecule has 7 aromatic carbocycles. The monoisotopic (exact) mass is 667 g/mol. The predicted molar refractivity (Wildman–Crippen MR) is 211 cm³/mol. The Labute approximate surface area is 298 Å². The molecule has 0 spiro atoms. The zero-order valence-corrected chi connectivity index (χ0v) is 28.0. The van der Waals surface area contributed by atoms with Gasteiger partial charge in [0.1, 0.15) is 22.3 Å². The average molecular weight is 668 g/mol. The molecule has 0 saturated heterocycles. The van der Waals surface area contributed by atoms with Crippen molar-refractivity contribution in [1.29, 1.82) is 0 Å². The lowest BCUT2D eigenvalue weighted by Gasteiger charge is -2.13. The zero-order chi connectivity index (χ0) is 34.2. The van der Waals surface area contributed by atoms with Crippen molar-refractivity contribution in [2.75, 3.05) is 0 Å². The summed E-state index contributed by atoms with van der Waals surface area (Å²) in [6, 6.07) is 48.4. The van der Waals surface area contributed by atoms with Crippen LogP contribution >= 0.6 is 0 Å². The maximum Gasteiger partial charge on any atom is 0.164 e. The molecule has 0 fully saturated rings. The first-order valence-corrected chi connectivity index (χ1v) is 17.6. The van der Waals surface area contributed by atoms with Gasteiger partial charge in [0.2, 0.25) is 0 Å². The van der Waals surface area contributed by atoms with Crippen molar-refractivity contribution < 1.29 is 8.83 Å². The van der Waals surface area contributed by atoms with E-state index in [1.165, 1.54) is 16.5 Å². The van der Waals surface area contributed by atoms with Crippen molar-refractivity contribution in [3.8, 4) is 45.3 Å². The van der Waals surface area contributed by atoms with Crippen molar-refractivity contribution in [2.24, 2.45) is 0 Å². The molecule has 52 heavy (non-hydrogen) atoms. The summed E-state index contributed by atoms with van der Waals surface area (Å²) in [4.78, 5) is 15.5. The standard InChI is InChI=1S/C47H29N3O2/c1-3-10-30-24-34(18-16-28(30)8-1)45-48-46(35-19-17-29-9-2-4-11-31(29)25-35)50-47(49-45)37-13-7-15-43-44(37)39-27-33(21-23-42(39)52-43)32-20-22-41-38(26-32)36-12-5-6-14-40(36)51-41/h1,3-8,10-27H,2,9H2. The number of allylic oxidation sites excluding steroid dienone is 1. The third-order valence-electron chi connectivity index (χ3n) is 10.4. The first-order valence-electron chi connectivity index (χ1n) is 17.6. The molecule has 0 atom stereocenters. The molecule has 5 nitrogen and oxygen atoms in total. The lowest BCUT2D eigenvalue weighted by Crippen LogP contribution is -2.01. The van der Waals surface area contributed by atoms with E-state index in [0.717, 1.165) is 89.9 Å². The molecule has 3 heterocycles. The summed E-state index contributed by atoms with van der Waals surface area (Å²) in [7, 11) is 0. The van der Waals surface area contributed by atoms with E-state index in [4.69, 9.17) is 23.8 Å². The maximum absolute atomic E-state index is 6.47. The minimum absolute atomic E-state index is 0.603. The lowest BCUT2D eigenvalue weighted by molar-refractivity contribution is 0.668. The van der Waals surface area contributed by atoms with E-state index in [2.05, 4.69) is 127 Å². The Morgan fingerprint density at radius 3 is 1.98 bits per heavy atom. The second-order valence-electron chi connectivity index (χ2n) is 13.5. The Morgan fingerprint density at radius 1 is 0.442 bits per heavy atom. The third kappa shape index (κ3) is 4.67. The van der Waals surface area contributed by atoms with Crippen LogP contribution in [0.15, 0.2) is 154 Å². The summed E-state index contributed by atoms with van der Waals surface area (Å²) in [6.45, 7) is 0. The Hall–Kier alpha value is -6.85. The van der Waals surface area contributed by atoms with Gasteiger partial charge in [0.15, 0.2) is 17.5 Å². The smallest absolute Gasteiger partial charge is 0.164 e. The summed E-state index contributed by atoms with van der Waals surface area (Å²) in [5, 5.41) is 6.51. The molecule has 11 rings (SSSR count). The highest BCUT2D eigenvalue weighted by Gasteiger charge is 2.19. The van der Waals surface area contributed by atoms with Gasteiger partial charge in [-0.25, -0.2) is 15.0 Å². The first-order chi connectivity index (χ1) is 25.7. The molecule has 0 radical (unpaired) electrons. The fraction of sp³-hybridized carbons (Fsp3) is 0.0426. The number of aromatic nitrogens is 3. The van der Waals surface area contributed by atoms with Gasteiger partial charge in [0, 0.05) is 38.2 Å². The molecule has 10 aromatic rings. The van der Waals surface area contributed by atoms with Gasteiger partial charge in [-0.3, -0.25) is 0 Å². The van der Waals surface area contributed by atoms with Crippen LogP contribution < -0.4 is 0 Å². The largest absolute Gasteiger partial charge is 0.456 e. The van der Waals surface area contributed by atoms with E-state index in [1.807, 2.05) is 24.3 Å². The number of benzene rings is 7. The maximum atomic E-state index is 6.47. The molecule has 0 bridgehead atoms. The Balaban J connectivity index is 1.11. The number of hydrogen-bond acceptors (Lipinski definition) is 5. The molecule has 244 valence electrons. The van der Waals surface area contributed by atoms with Gasteiger partial charge in [-0.05, 0) is 94.4 Å². The fourth-order valence-electron chi connectivity index (χ4n) is 7.75. The number of fused-ring (bicyclic) bond motifs is 8. The van der Waals surface area contributed by atoms with Gasteiger partial charge in [-0.1, -0.05) is 103 Å². The highest BCUT2D eigenvalue weighted by molar-refractivity contribution is 6.13. The van der Waals surface area contributed by atoms with Crippen molar-refractivity contribution >= 4 is 60.7 Å². The van der Waals surface area contributed by atoms with Crippen LogP contribution in [0.3, 0.4) is 0 Å². The first kappa shape index (κ1) is 28.9. The Kier molecular flexibility index (Phi) is 6.31. The van der Waals surface area contributed by atoms with Crippen LogP contribution in [0.1, 0.15) is 17.5 Å². The Morgan fingerprint density at radius 2 is 1.10 bits per heavy atom. The van der Waals surface area contributed by atoms with Gasteiger partial charge < -0.3 is 8.83 Å². The molecule has 1 aliphatic rings. The number of para-hydroxylation sites is 1. The molecule has 0 N–H and O–H groups in total. The molecular weight excluding hydrogens is 639 g/mol. The van der Waals surface area contributed by atoms with E-state index >= 15 is 0 Å². The fourth-order valence-corrected chi connectivity index (χ4v) is 7.75. The minimum atomic E-state index is 0.603. The van der Waals surface area contributed by atoms with Crippen LogP contribution in [0.5, 0.6) is 0 Å². The summed E-state index contributed by atoms with van der Waals surface area (Å²) < 4.78 is 12.6. The van der Waals surface area contributed by atoms with Crippen LogP contribution in [-0.4, -0.2) is 15.0 Å². The molecule has 5 heteroatoms. The normalized spacial score (nSPS) is 12.8. The molecular formula is C47H29N3O2. The summed E-state index contributed by atoms with van der Waals surface area (Å²) in [5.41, 5.74) is 10.9. The molecule has 0 saturated carbocycles. The second-order valence-corrected chi connectivity index (χ2v) is 13.5. The van der Waals surface area contributed by atoms with Gasteiger partial charge >= 0.3 is 0 Å². The van der Waals surface area contributed by atoms with E-state index in [9.17, 15) is 0 Å². The summed E-state index contributed by atoms with van der Waals surface area (Å²) >= 11 is 0. The van der Waals surface area contributed by atoms with E-state index < -0.39 is 0 Å². The number of rotatable bonds is 4. The van der Waals surface area contributed by atoms with Crippen LogP contribution in [-0.2, 0) is 6.42 Å². The van der Waals surface area contributed by atoms with E-state index in [0.29, 0.717) is 17.5 Å². The number of aryl methyl sites for hydroxylation is 1. The highest BCUT2D eigenvalue weighted by Crippen LogP contribution is 2.40. The quantitative estimate of drug-likeness (QED) is 0.187. The van der Waals surface area contributed by atoms with Gasteiger partial charge in [-0.2, -0.15) is 0 Å². The van der Waals surface area contributed by atoms with Gasteiger partial charge in [-0.15, -0.1) is 0 Å². The van der Waals surface area contributed by atoms with Crippen LogP contribution in [0.2, 0.25) is 0 Å². The van der Waals surface area contributed by atoms with Crippen molar-refractivity contribution in [2.45, 2.75) is 12.8 Å². The van der Waals surface area contributed by atoms with E-state index in [-0.39, 0.29) is 0 Å². The van der Waals surface area contributed by atoms with Gasteiger partial charge in [0.25, 0.3) is 0 Å². The van der Waals surface area contributed by atoms with Crippen LogP contribution in [0, 0.1) is 0 Å². The van der Waals surface area contributed by atoms with Crippen molar-refractivity contribution in [3.63, 3.8) is 0 Å². The van der Waals surface area contributed by atoms with Gasteiger partial charge in [0.05, 0.1) is 0 Å². The third-order valence-corrected chi connectivity index (χ3v) is 10.4. The molecule has 1 aliphatic carbocycles. The molecule has 3 aromatic heterocycles. The van der Waals surface area contributed by atoms with Crippen LogP contribution in [0.4, 0.5) is 0 Å². The lowest BCUT2D eigenvalue weighted by atomic mass is 9.95. The SMILES string of the molecule is C1=Cc2cc(-c3nc(-c4ccc5ccccc5c4)nc(-c4cccc5oc6ccc(-c7ccc8oc9ccccc9c8c7)cc6c45)n3)ccc2CC1. The van der Waals surface area contributed by atoms with E-state index in [1.54, 1.807) is 0 Å². The minimum Gasteiger partial charge on any atom is -0.456 e. The van der Waals surface area contributed by atoms with Crippen molar-refractivity contribution in [1.82, 2.24) is 15.0 Å². The summed E-state index contributed by atoms with van der Waals surface area (Å²) in [6.07, 6.45) is 6.55. The molecule has 0 amide bonds. The molecule has 0 aliphatic heterocycles. The van der Waals surface area contributed by atoms with Crippen molar-refractivity contribution in [3.05, 3.63) is 157 Å². The average Bonchev–Trinajstić information content (AvgIpc) is 3.78. The number of furan rings is 2. The predicted octanol–water partition coefficient (Wildman–Crippen LogP) is 12.5. The molecule has 0 unspecified atom stereocenters. The van der Waals surface area contributed by atoms with Crippen LogP contribution in [0.25, 0.3) is 106 Å². The zero-order valence-electron chi connectivity index (χ0n) is 28.0.